The Bertz CT molecular complexity index is 111. The number of likely N-dealkylation sites (tertiary alicyclic amines) is 1. The van der Waals surface area contributed by atoms with E-state index in [9.17, 15) is 0 Å². The number of hydrogen-bond acceptors (Lipinski definition) is 3. The first kappa shape index (κ1) is 9.96. The summed E-state index contributed by atoms with van der Waals surface area (Å²) >= 11 is 0. The van der Waals surface area contributed by atoms with Gasteiger partial charge in [0.15, 0.2) is 0 Å². The molecule has 0 aromatic heterocycles. The first-order valence-corrected chi connectivity index (χ1v) is 4.87. The SMILES string of the molecule is CNC1CCN(CCCO)CC1. The van der Waals surface area contributed by atoms with E-state index in [0.717, 1.165) is 19.0 Å². The highest BCUT2D eigenvalue weighted by atomic mass is 16.3. The van der Waals surface area contributed by atoms with Gasteiger partial charge in [-0.2, -0.15) is 0 Å². The van der Waals surface area contributed by atoms with Crippen LogP contribution in [0.5, 0.6) is 0 Å². The fraction of sp³-hybridized carbons (Fsp3) is 1.00. The van der Waals surface area contributed by atoms with Gasteiger partial charge in [0.2, 0.25) is 0 Å². The maximum atomic E-state index is 8.66. The Morgan fingerprint density at radius 1 is 1.42 bits per heavy atom. The fourth-order valence-electron chi connectivity index (χ4n) is 1.74. The van der Waals surface area contributed by atoms with E-state index >= 15 is 0 Å². The van der Waals surface area contributed by atoms with Crippen molar-refractivity contribution in [2.75, 3.05) is 33.3 Å². The molecule has 0 unspecified atom stereocenters. The van der Waals surface area contributed by atoms with Crippen LogP contribution in [0.3, 0.4) is 0 Å². The maximum Gasteiger partial charge on any atom is 0.0443 e. The third-order valence-corrected chi connectivity index (χ3v) is 2.63. The molecule has 0 atom stereocenters. The standard InChI is InChI=1S/C9H20N2O/c1-10-9-3-6-11(7-4-9)5-2-8-12/h9-10,12H,2-8H2,1H3. The highest BCUT2D eigenvalue weighted by Gasteiger charge is 2.16. The van der Waals surface area contributed by atoms with E-state index < -0.39 is 0 Å². The van der Waals surface area contributed by atoms with Crippen LogP contribution in [0.25, 0.3) is 0 Å². The van der Waals surface area contributed by atoms with Crippen LogP contribution in [-0.2, 0) is 0 Å². The summed E-state index contributed by atoms with van der Waals surface area (Å²) in [6, 6.07) is 0.718. The largest absolute Gasteiger partial charge is 0.396 e. The highest BCUT2D eigenvalue weighted by molar-refractivity contribution is 4.75. The molecule has 1 fully saturated rings. The van der Waals surface area contributed by atoms with Crippen LogP contribution in [0.1, 0.15) is 19.3 Å². The summed E-state index contributed by atoms with van der Waals surface area (Å²) in [4.78, 5) is 2.43. The Morgan fingerprint density at radius 2 is 2.08 bits per heavy atom. The number of hydrogen-bond donors (Lipinski definition) is 2. The monoisotopic (exact) mass is 172 g/mol. The van der Waals surface area contributed by atoms with E-state index in [-0.39, 0.29) is 0 Å². The van der Waals surface area contributed by atoms with Crippen LogP contribution >= 0.6 is 0 Å². The van der Waals surface area contributed by atoms with Crippen LogP contribution in [0, 0.1) is 0 Å². The van der Waals surface area contributed by atoms with Gasteiger partial charge in [-0.1, -0.05) is 0 Å². The molecule has 0 bridgehead atoms. The molecule has 0 amide bonds. The van der Waals surface area contributed by atoms with Crippen molar-refractivity contribution in [3.8, 4) is 0 Å². The molecule has 2 N–H and O–H groups in total. The van der Waals surface area contributed by atoms with Gasteiger partial charge in [0.25, 0.3) is 0 Å². The minimum Gasteiger partial charge on any atom is -0.396 e. The minimum atomic E-state index is 0.325. The van der Waals surface area contributed by atoms with Crippen molar-refractivity contribution in [3.05, 3.63) is 0 Å². The molecule has 0 radical (unpaired) electrons. The second-order valence-electron chi connectivity index (χ2n) is 3.48. The van der Waals surface area contributed by atoms with Crippen LogP contribution in [0.15, 0.2) is 0 Å². The second kappa shape index (κ2) is 5.51. The second-order valence-corrected chi connectivity index (χ2v) is 3.48. The summed E-state index contributed by atoms with van der Waals surface area (Å²) in [5.41, 5.74) is 0. The predicted molar refractivity (Wildman–Crippen MR) is 50.2 cm³/mol. The topological polar surface area (TPSA) is 35.5 Å². The average molecular weight is 172 g/mol. The fourth-order valence-corrected chi connectivity index (χ4v) is 1.74. The zero-order chi connectivity index (χ0) is 8.81. The summed E-state index contributed by atoms with van der Waals surface area (Å²) in [6.45, 7) is 3.76. The Morgan fingerprint density at radius 3 is 2.58 bits per heavy atom. The minimum absolute atomic E-state index is 0.325. The zero-order valence-electron chi connectivity index (χ0n) is 7.92. The lowest BCUT2D eigenvalue weighted by Gasteiger charge is -2.31. The van der Waals surface area contributed by atoms with Gasteiger partial charge in [-0.05, 0) is 39.4 Å². The van der Waals surface area contributed by atoms with Crippen LogP contribution < -0.4 is 5.32 Å². The molecule has 0 aliphatic carbocycles. The van der Waals surface area contributed by atoms with Gasteiger partial charge < -0.3 is 15.3 Å². The smallest absolute Gasteiger partial charge is 0.0443 e. The third kappa shape index (κ3) is 3.09. The lowest BCUT2D eigenvalue weighted by molar-refractivity contribution is 0.180. The molecule has 0 aromatic rings. The number of piperidine rings is 1. The van der Waals surface area contributed by atoms with Crippen LogP contribution in [-0.4, -0.2) is 49.3 Å². The van der Waals surface area contributed by atoms with Gasteiger partial charge in [-0.15, -0.1) is 0 Å². The number of nitrogens with zero attached hydrogens (tertiary/aromatic N) is 1. The van der Waals surface area contributed by atoms with Crippen molar-refractivity contribution in [2.45, 2.75) is 25.3 Å². The molecule has 0 saturated carbocycles. The maximum absolute atomic E-state index is 8.66. The van der Waals surface area contributed by atoms with Gasteiger partial charge in [0.05, 0.1) is 0 Å². The van der Waals surface area contributed by atoms with E-state index in [2.05, 4.69) is 10.2 Å². The molecule has 1 saturated heterocycles. The predicted octanol–water partition coefficient (Wildman–Crippen LogP) is 0.0526. The molecule has 3 nitrogen and oxygen atoms in total. The van der Waals surface area contributed by atoms with Crippen LogP contribution in [0.2, 0.25) is 0 Å². The van der Waals surface area contributed by atoms with Gasteiger partial charge in [0.1, 0.15) is 0 Å². The van der Waals surface area contributed by atoms with Gasteiger partial charge in [0, 0.05) is 19.2 Å². The van der Waals surface area contributed by atoms with Crippen molar-refractivity contribution in [3.63, 3.8) is 0 Å². The summed E-state index contributed by atoms with van der Waals surface area (Å²) < 4.78 is 0. The molecule has 3 heteroatoms. The molecule has 12 heavy (non-hydrogen) atoms. The van der Waals surface area contributed by atoms with Crippen molar-refractivity contribution in [1.29, 1.82) is 0 Å². The molecule has 0 aromatic carbocycles. The van der Waals surface area contributed by atoms with E-state index in [0.29, 0.717) is 6.61 Å². The lowest BCUT2D eigenvalue weighted by Crippen LogP contribution is -2.41. The van der Waals surface area contributed by atoms with Crippen LogP contribution in [0.4, 0.5) is 0 Å². The first-order chi connectivity index (χ1) is 5.86. The molecular formula is C9H20N2O. The normalized spacial score (nSPS) is 21.5. The zero-order valence-corrected chi connectivity index (χ0v) is 7.92. The Kier molecular flexibility index (Phi) is 4.58. The Hall–Kier alpha value is -0.120. The number of aliphatic hydroxyl groups excluding tert-OH is 1. The summed E-state index contributed by atoms with van der Waals surface area (Å²) in [7, 11) is 2.04. The third-order valence-electron chi connectivity index (χ3n) is 2.63. The van der Waals surface area contributed by atoms with Crippen molar-refractivity contribution in [2.24, 2.45) is 0 Å². The quantitative estimate of drug-likeness (QED) is 0.629. The number of rotatable bonds is 4. The average Bonchev–Trinajstić information content (AvgIpc) is 2.15. The van der Waals surface area contributed by atoms with E-state index in [1.807, 2.05) is 7.05 Å². The molecule has 72 valence electrons. The molecule has 1 rings (SSSR count). The molecule has 0 spiro atoms. The number of nitrogens with one attached hydrogen (secondary N) is 1. The Labute approximate surface area is 74.8 Å². The van der Waals surface area contributed by atoms with E-state index in [1.54, 1.807) is 0 Å². The molecular weight excluding hydrogens is 152 g/mol. The first-order valence-electron chi connectivity index (χ1n) is 4.87. The highest BCUT2D eigenvalue weighted by Crippen LogP contribution is 2.09. The lowest BCUT2D eigenvalue weighted by atomic mass is 10.1. The molecule has 1 heterocycles. The number of aliphatic hydroxyl groups is 1. The molecule has 1 aliphatic heterocycles. The van der Waals surface area contributed by atoms with Crippen molar-refractivity contribution < 1.29 is 5.11 Å². The van der Waals surface area contributed by atoms with Crippen molar-refractivity contribution >= 4 is 0 Å². The summed E-state index contributed by atoms with van der Waals surface area (Å²) in [5, 5.41) is 12.0. The summed E-state index contributed by atoms with van der Waals surface area (Å²) in [6.07, 6.45) is 3.42. The Balaban J connectivity index is 2.09. The van der Waals surface area contributed by atoms with Gasteiger partial charge in [-0.3, -0.25) is 0 Å². The van der Waals surface area contributed by atoms with Gasteiger partial charge in [-0.25, -0.2) is 0 Å². The van der Waals surface area contributed by atoms with Gasteiger partial charge >= 0.3 is 0 Å². The van der Waals surface area contributed by atoms with E-state index in [4.69, 9.17) is 5.11 Å². The summed E-state index contributed by atoms with van der Waals surface area (Å²) in [5.74, 6) is 0. The molecule has 1 aliphatic rings. The van der Waals surface area contributed by atoms with Crippen molar-refractivity contribution in [1.82, 2.24) is 10.2 Å². The van der Waals surface area contributed by atoms with E-state index in [1.165, 1.54) is 25.9 Å².